The zero-order valence-electron chi connectivity index (χ0n) is 10.4. The SMILES string of the molecule is CNC(c1ccc(C)cc1)C(C)OCC(F)F. The molecular formula is C13H19F2NO. The van der Waals surface area contributed by atoms with Crippen LogP contribution >= 0.6 is 0 Å². The van der Waals surface area contributed by atoms with Crippen LogP contribution in [0.4, 0.5) is 8.78 Å². The summed E-state index contributed by atoms with van der Waals surface area (Å²) in [7, 11) is 1.80. The topological polar surface area (TPSA) is 21.3 Å². The second-order valence-corrected chi connectivity index (χ2v) is 4.11. The standard InChI is InChI=1S/C13H19F2NO/c1-9-4-6-11(7-5-9)13(16-3)10(2)17-8-12(14)15/h4-7,10,12-13,16H,8H2,1-3H3. The van der Waals surface area contributed by atoms with E-state index in [4.69, 9.17) is 4.74 Å². The molecule has 0 aromatic heterocycles. The monoisotopic (exact) mass is 243 g/mol. The summed E-state index contributed by atoms with van der Waals surface area (Å²) >= 11 is 0. The molecule has 1 rings (SSSR count). The van der Waals surface area contributed by atoms with Crippen LogP contribution in [0, 0.1) is 6.92 Å². The molecule has 0 fully saturated rings. The van der Waals surface area contributed by atoms with Gasteiger partial charge in [0.1, 0.15) is 6.61 Å². The van der Waals surface area contributed by atoms with Gasteiger partial charge < -0.3 is 10.1 Å². The molecule has 0 aliphatic heterocycles. The molecule has 0 spiro atoms. The van der Waals surface area contributed by atoms with Crippen molar-refractivity contribution in [3.8, 4) is 0 Å². The summed E-state index contributed by atoms with van der Waals surface area (Å²) in [6.45, 7) is 3.28. The van der Waals surface area contributed by atoms with Gasteiger partial charge in [-0.15, -0.1) is 0 Å². The molecule has 0 saturated carbocycles. The van der Waals surface area contributed by atoms with Crippen molar-refractivity contribution >= 4 is 0 Å². The maximum Gasteiger partial charge on any atom is 0.261 e. The Morgan fingerprint density at radius 3 is 2.29 bits per heavy atom. The maximum atomic E-state index is 12.1. The molecule has 0 saturated heterocycles. The highest BCUT2D eigenvalue weighted by molar-refractivity contribution is 5.24. The number of rotatable bonds is 6. The first-order valence-corrected chi connectivity index (χ1v) is 5.68. The summed E-state index contributed by atoms with van der Waals surface area (Å²) in [5.74, 6) is 0. The van der Waals surface area contributed by atoms with Gasteiger partial charge in [-0.05, 0) is 26.5 Å². The first kappa shape index (κ1) is 14.1. The van der Waals surface area contributed by atoms with Crippen molar-refractivity contribution in [2.75, 3.05) is 13.7 Å². The van der Waals surface area contributed by atoms with E-state index in [0.717, 1.165) is 5.56 Å². The molecule has 0 aliphatic carbocycles. The number of hydrogen-bond donors (Lipinski definition) is 1. The quantitative estimate of drug-likeness (QED) is 0.829. The third-order valence-corrected chi connectivity index (χ3v) is 2.70. The van der Waals surface area contributed by atoms with Gasteiger partial charge in [0.25, 0.3) is 6.43 Å². The average Bonchev–Trinajstić information content (AvgIpc) is 2.30. The number of hydrogen-bond acceptors (Lipinski definition) is 2. The third kappa shape index (κ3) is 4.40. The number of ether oxygens (including phenoxy) is 1. The molecule has 1 aromatic carbocycles. The van der Waals surface area contributed by atoms with E-state index in [-0.39, 0.29) is 12.1 Å². The molecule has 0 amide bonds. The molecule has 2 atom stereocenters. The summed E-state index contributed by atoms with van der Waals surface area (Å²) in [6.07, 6.45) is -2.72. The van der Waals surface area contributed by atoms with Crippen LogP contribution in [0.3, 0.4) is 0 Å². The predicted molar refractivity (Wildman–Crippen MR) is 64.4 cm³/mol. The highest BCUT2D eigenvalue weighted by Crippen LogP contribution is 2.19. The van der Waals surface area contributed by atoms with E-state index in [1.54, 1.807) is 14.0 Å². The van der Waals surface area contributed by atoms with Crippen LogP contribution in [0.25, 0.3) is 0 Å². The summed E-state index contributed by atoms with van der Waals surface area (Å²) < 4.78 is 29.3. The Hall–Kier alpha value is -1.00. The lowest BCUT2D eigenvalue weighted by molar-refractivity contribution is -0.0300. The minimum Gasteiger partial charge on any atom is -0.371 e. The third-order valence-electron chi connectivity index (χ3n) is 2.70. The van der Waals surface area contributed by atoms with Gasteiger partial charge in [-0.1, -0.05) is 29.8 Å². The molecule has 2 unspecified atom stereocenters. The van der Waals surface area contributed by atoms with E-state index in [9.17, 15) is 8.78 Å². The second kappa shape index (κ2) is 6.67. The fourth-order valence-electron chi connectivity index (χ4n) is 1.77. The van der Waals surface area contributed by atoms with Crippen LogP contribution < -0.4 is 5.32 Å². The summed E-state index contributed by atoms with van der Waals surface area (Å²) in [5, 5.41) is 3.09. The number of likely N-dealkylation sites (N-methyl/N-ethyl adjacent to an activating group) is 1. The zero-order chi connectivity index (χ0) is 12.8. The summed E-state index contributed by atoms with van der Waals surface area (Å²) in [6, 6.07) is 7.89. The van der Waals surface area contributed by atoms with E-state index in [2.05, 4.69) is 5.32 Å². The smallest absolute Gasteiger partial charge is 0.261 e. The van der Waals surface area contributed by atoms with Crippen molar-refractivity contribution in [3.05, 3.63) is 35.4 Å². The molecule has 0 aliphatic rings. The minimum atomic E-state index is -2.42. The Bertz CT molecular complexity index is 327. The van der Waals surface area contributed by atoms with Gasteiger partial charge in [0.2, 0.25) is 0 Å². The van der Waals surface area contributed by atoms with Crippen LogP contribution in [0.2, 0.25) is 0 Å². The number of halogens is 2. The molecule has 96 valence electrons. The second-order valence-electron chi connectivity index (χ2n) is 4.11. The number of nitrogens with one attached hydrogen (secondary N) is 1. The molecule has 0 radical (unpaired) electrons. The van der Waals surface area contributed by atoms with Crippen molar-refractivity contribution in [2.24, 2.45) is 0 Å². The lowest BCUT2D eigenvalue weighted by Crippen LogP contribution is -2.30. The van der Waals surface area contributed by atoms with E-state index in [1.165, 1.54) is 5.56 Å². The largest absolute Gasteiger partial charge is 0.371 e. The lowest BCUT2D eigenvalue weighted by atomic mass is 10.0. The van der Waals surface area contributed by atoms with Gasteiger partial charge in [-0.25, -0.2) is 8.78 Å². The van der Waals surface area contributed by atoms with Crippen molar-refractivity contribution in [1.82, 2.24) is 5.32 Å². The highest BCUT2D eigenvalue weighted by atomic mass is 19.3. The maximum absolute atomic E-state index is 12.1. The Labute approximate surface area is 101 Å². The number of aryl methyl sites for hydroxylation is 1. The lowest BCUT2D eigenvalue weighted by Gasteiger charge is -2.24. The van der Waals surface area contributed by atoms with E-state index >= 15 is 0 Å². The summed E-state index contributed by atoms with van der Waals surface area (Å²) in [5.41, 5.74) is 2.21. The molecule has 17 heavy (non-hydrogen) atoms. The first-order valence-electron chi connectivity index (χ1n) is 5.68. The Balaban J connectivity index is 2.66. The fraction of sp³-hybridized carbons (Fsp3) is 0.538. The highest BCUT2D eigenvalue weighted by Gasteiger charge is 2.19. The van der Waals surface area contributed by atoms with Crippen LogP contribution in [0.5, 0.6) is 0 Å². The molecule has 2 nitrogen and oxygen atoms in total. The number of alkyl halides is 2. The number of benzene rings is 1. The molecule has 0 heterocycles. The minimum absolute atomic E-state index is 0.0747. The predicted octanol–water partition coefficient (Wildman–Crippen LogP) is 2.93. The van der Waals surface area contributed by atoms with Crippen LogP contribution in [0.1, 0.15) is 24.1 Å². The van der Waals surface area contributed by atoms with Gasteiger partial charge in [0.05, 0.1) is 12.1 Å². The van der Waals surface area contributed by atoms with E-state index in [0.29, 0.717) is 0 Å². The van der Waals surface area contributed by atoms with Crippen molar-refractivity contribution < 1.29 is 13.5 Å². The van der Waals surface area contributed by atoms with Gasteiger partial charge in [0.15, 0.2) is 0 Å². The molecule has 4 heteroatoms. The van der Waals surface area contributed by atoms with Gasteiger partial charge in [0, 0.05) is 0 Å². The van der Waals surface area contributed by atoms with Gasteiger partial charge >= 0.3 is 0 Å². The zero-order valence-corrected chi connectivity index (χ0v) is 10.4. The van der Waals surface area contributed by atoms with Crippen LogP contribution in [-0.4, -0.2) is 26.2 Å². The van der Waals surface area contributed by atoms with Crippen molar-refractivity contribution in [3.63, 3.8) is 0 Å². The van der Waals surface area contributed by atoms with Crippen LogP contribution in [-0.2, 0) is 4.74 Å². The Morgan fingerprint density at radius 1 is 1.24 bits per heavy atom. The Kier molecular flexibility index (Phi) is 5.51. The van der Waals surface area contributed by atoms with Crippen molar-refractivity contribution in [2.45, 2.75) is 32.4 Å². The fourth-order valence-corrected chi connectivity index (χ4v) is 1.77. The van der Waals surface area contributed by atoms with Crippen molar-refractivity contribution in [1.29, 1.82) is 0 Å². The molecule has 1 N–H and O–H groups in total. The first-order chi connectivity index (χ1) is 8.04. The van der Waals surface area contributed by atoms with Crippen LogP contribution in [0.15, 0.2) is 24.3 Å². The van der Waals surface area contributed by atoms with Gasteiger partial charge in [-0.3, -0.25) is 0 Å². The van der Waals surface area contributed by atoms with E-state index in [1.807, 2.05) is 31.2 Å². The normalized spacial score (nSPS) is 14.9. The molecule has 0 bridgehead atoms. The molecule has 1 aromatic rings. The summed E-state index contributed by atoms with van der Waals surface area (Å²) in [4.78, 5) is 0. The van der Waals surface area contributed by atoms with E-state index < -0.39 is 13.0 Å². The van der Waals surface area contributed by atoms with Gasteiger partial charge in [-0.2, -0.15) is 0 Å². The Morgan fingerprint density at radius 2 is 1.82 bits per heavy atom. The molecular weight excluding hydrogens is 224 g/mol. The average molecular weight is 243 g/mol.